The van der Waals surface area contributed by atoms with Gasteiger partial charge in [-0.3, -0.25) is 4.79 Å². The zero-order valence-electron chi connectivity index (χ0n) is 12.4. The first-order chi connectivity index (χ1) is 10.6. The van der Waals surface area contributed by atoms with Crippen LogP contribution in [0, 0.1) is 0 Å². The highest BCUT2D eigenvalue weighted by Crippen LogP contribution is 2.20. The zero-order valence-corrected chi connectivity index (χ0v) is 12.4. The molecule has 0 amide bonds. The van der Waals surface area contributed by atoms with E-state index in [1.807, 2.05) is 18.2 Å². The summed E-state index contributed by atoms with van der Waals surface area (Å²) in [5.74, 6) is -0.833. The van der Waals surface area contributed by atoms with Gasteiger partial charge in [-0.1, -0.05) is 49.1 Å². The Morgan fingerprint density at radius 3 is 2.64 bits per heavy atom. The first-order valence-electron chi connectivity index (χ1n) is 6.92. The Hall–Kier alpha value is -2.88. The number of para-hydroxylation sites is 1. The summed E-state index contributed by atoms with van der Waals surface area (Å²) in [6, 6.07) is 14.6. The van der Waals surface area contributed by atoms with E-state index >= 15 is 0 Å². The molecule has 0 bridgehead atoms. The lowest BCUT2D eigenvalue weighted by Crippen LogP contribution is -1.92. The maximum atomic E-state index is 9.00. The van der Waals surface area contributed by atoms with Gasteiger partial charge in [-0.25, -0.2) is 4.98 Å². The molecule has 0 spiro atoms. The minimum absolute atomic E-state index is 0.833. The van der Waals surface area contributed by atoms with Crippen LogP contribution in [0.3, 0.4) is 0 Å². The number of aliphatic carboxylic acids is 1. The molecule has 2 aromatic carbocycles. The molecule has 0 saturated carbocycles. The quantitative estimate of drug-likeness (QED) is 0.770. The molecule has 4 nitrogen and oxygen atoms in total. The van der Waals surface area contributed by atoms with Gasteiger partial charge < -0.3 is 10.1 Å². The number of rotatable bonds is 3. The summed E-state index contributed by atoms with van der Waals surface area (Å²) in [7, 11) is 0. The third kappa shape index (κ3) is 3.82. The van der Waals surface area contributed by atoms with Crippen molar-refractivity contribution in [1.29, 1.82) is 0 Å². The smallest absolute Gasteiger partial charge is 0.300 e. The van der Waals surface area contributed by atoms with Gasteiger partial charge in [0.1, 0.15) is 0 Å². The summed E-state index contributed by atoms with van der Waals surface area (Å²) in [5.41, 5.74) is 5.84. The fourth-order valence-electron chi connectivity index (χ4n) is 2.27. The Balaban J connectivity index is 0.000000396. The largest absolute Gasteiger partial charge is 0.481 e. The standard InChI is InChI=1S/C16H14N2.C2H4O2/c1-2-12-6-3-4-7-13(12)10-14-8-5-9-15-16(14)18-11-17-15;1-2(3)4/h2-9,11H,1,10H2,(H,17,18);1H3,(H,3,4). The number of fused-ring (bicyclic) bond motifs is 1. The first-order valence-corrected chi connectivity index (χ1v) is 6.92. The molecule has 0 aliphatic rings. The van der Waals surface area contributed by atoms with E-state index in [1.165, 1.54) is 16.7 Å². The lowest BCUT2D eigenvalue weighted by atomic mass is 9.99. The monoisotopic (exact) mass is 294 g/mol. The average molecular weight is 294 g/mol. The number of carbonyl (C=O) groups is 1. The Kier molecular flexibility index (Phi) is 5.09. The van der Waals surface area contributed by atoms with Gasteiger partial charge in [0.2, 0.25) is 0 Å². The van der Waals surface area contributed by atoms with Crippen LogP contribution in [-0.4, -0.2) is 21.0 Å². The van der Waals surface area contributed by atoms with Crippen molar-refractivity contribution in [2.45, 2.75) is 13.3 Å². The van der Waals surface area contributed by atoms with E-state index in [0.717, 1.165) is 24.4 Å². The second-order valence-corrected chi connectivity index (χ2v) is 4.81. The number of carboxylic acids is 1. The fraction of sp³-hybridized carbons (Fsp3) is 0.111. The summed E-state index contributed by atoms with van der Waals surface area (Å²) in [6.45, 7) is 4.95. The Labute approximate surface area is 129 Å². The van der Waals surface area contributed by atoms with Gasteiger partial charge in [0.15, 0.2) is 0 Å². The molecule has 0 radical (unpaired) electrons. The number of imidazole rings is 1. The van der Waals surface area contributed by atoms with Crippen molar-refractivity contribution in [3.63, 3.8) is 0 Å². The molecular formula is C18H18N2O2. The molecular weight excluding hydrogens is 276 g/mol. The summed E-state index contributed by atoms with van der Waals surface area (Å²) < 4.78 is 0. The number of nitrogens with zero attached hydrogens (tertiary/aromatic N) is 1. The number of hydrogen-bond donors (Lipinski definition) is 2. The normalized spacial score (nSPS) is 9.86. The number of benzene rings is 2. The molecule has 22 heavy (non-hydrogen) atoms. The first kappa shape index (κ1) is 15.5. The van der Waals surface area contributed by atoms with Crippen molar-refractivity contribution in [3.8, 4) is 0 Å². The molecule has 0 aliphatic heterocycles. The molecule has 0 aliphatic carbocycles. The van der Waals surface area contributed by atoms with Gasteiger partial charge in [0.05, 0.1) is 17.4 Å². The van der Waals surface area contributed by atoms with Gasteiger partial charge in [-0.05, 0) is 22.8 Å². The van der Waals surface area contributed by atoms with Crippen LogP contribution < -0.4 is 0 Å². The van der Waals surface area contributed by atoms with Crippen molar-refractivity contribution in [1.82, 2.24) is 9.97 Å². The van der Waals surface area contributed by atoms with Crippen LogP contribution in [0.1, 0.15) is 23.6 Å². The summed E-state index contributed by atoms with van der Waals surface area (Å²) in [6.07, 6.45) is 4.53. The van der Waals surface area contributed by atoms with E-state index in [0.29, 0.717) is 0 Å². The van der Waals surface area contributed by atoms with Crippen molar-refractivity contribution in [2.75, 3.05) is 0 Å². The van der Waals surface area contributed by atoms with Crippen LogP contribution in [0.4, 0.5) is 0 Å². The van der Waals surface area contributed by atoms with E-state index < -0.39 is 5.97 Å². The van der Waals surface area contributed by atoms with Crippen molar-refractivity contribution >= 4 is 23.1 Å². The average Bonchev–Trinajstić information content (AvgIpc) is 2.97. The Morgan fingerprint density at radius 2 is 1.91 bits per heavy atom. The highest BCUT2D eigenvalue weighted by molar-refractivity contribution is 5.78. The third-order valence-electron chi connectivity index (χ3n) is 3.19. The summed E-state index contributed by atoms with van der Waals surface area (Å²) in [5, 5.41) is 7.42. The maximum absolute atomic E-state index is 9.00. The number of H-pyrrole nitrogens is 1. The fourth-order valence-corrected chi connectivity index (χ4v) is 2.27. The van der Waals surface area contributed by atoms with Gasteiger partial charge in [0.25, 0.3) is 5.97 Å². The van der Waals surface area contributed by atoms with E-state index in [9.17, 15) is 0 Å². The zero-order chi connectivity index (χ0) is 15.9. The summed E-state index contributed by atoms with van der Waals surface area (Å²) in [4.78, 5) is 16.5. The lowest BCUT2D eigenvalue weighted by Gasteiger charge is -2.06. The van der Waals surface area contributed by atoms with Gasteiger partial charge >= 0.3 is 0 Å². The highest BCUT2D eigenvalue weighted by atomic mass is 16.4. The van der Waals surface area contributed by atoms with Crippen LogP contribution in [0.5, 0.6) is 0 Å². The lowest BCUT2D eigenvalue weighted by molar-refractivity contribution is -0.134. The highest BCUT2D eigenvalue weighted by Gasteiger charge is 2.05. The molecule has 4 heteroatoms. The maximum Gasteiger partial charge on any atom is 0.300 e. The second kappa shape index (κ2) is 7.22. The van der Waals surface area contributed by atoms with Crippen molar-refractivity contribution in [2.24, 2.45) is 0 Å². The van der Waals surface area contributed by atoms with Crippen LogP contribution in [0.15, 0.2) is 55.4 Å². The SMILES string of the molecule is C=Cc1ccccc1Cc1cccc2[nH]cnc12.CC(=O)O. The van der Waals surface area contributed by atoms with E-state index in [2.05, 4.69) is 46.9 Å². The number of hydrogen-bond acceptors (Lipinski definition) is 2. The van der Waals surface area contributed by atoms with Crippen LogP contribution in [0.25, 0.3) is 17.1 Å². The van der Waals surface area contributed by atoms with Crippen LogP contribution in [0.2, 0.25) is 0 Å². The Bertz CT molecular complexity index is 786. The van der Waals surface area contributed by atoms with E-state index in [4.69, 9.17) is 9.90 Å². The second-order valence-electron chi connectivity index (χ2n) is 4.81. The molecule has 0 fully saturated rings. The topological polar surface area (TPSA) is 66.0 Å². The van der Waals surface area contributed by atoms with Gasteiger partial charge in [0, 0.05) is 13.3 Å². The van der Waals surface area contributed by atoms with Gasteiger partial charge in [-0.15, -0.1) is 0 Å². The van der Waals surface area contributed by atoms with Crippen LogP contribution >= 0.6 is 0 Å². The number of aromatic amines is 1. The molecule has 112 valence electrons. The third-order valence-corrected chi connectivity index (χ3v) is 3.19. The van der Waals surface area contributed by atoms with E-state index in [1.54, 1.807) is 6.33 Å². The van der Waals surface area contributed by atoms with Crippen molar-refractivity contribution in [3.05, 3.63) is 72.1 Å². The molecule has 3 rings (SSSR count). The molecule has 0 unspecified atom stereocenters. The molecule has 2 N–H and O–H groups in total. The number of nitrogens with one attached hydrogen (secondary N) is 1. The molecule has 1 heterocycles. The molecule has 0 saturated heterocycles. The van der Waals surface area contributed by atoms with Gasteiger partial charge in [-0.2, -0.15) is 0 Å². The predicted molar refractivity (Wildman–Crippen MR) is 88.7 cm³/mol. The predicted octanol–water partition coefficient (Wildman–Crippen LogP) is 3.89. The molecule has 0 atom stereocenters. The number of carboxylic acid groups (broad SMARTS) is 1. The minimum atomic E-state index is -0.833. The molecule has 1 aromatic heterocycles. The van der Waals surface area contributed by atoms with E-state index in [-0.39, 0.29) is 0 Å². The van der Waals surface area contributed by atoms with Crippen LogP contribution in [-0.2, 0) is 11.2 Å². The Morgan fingerprint density at radius 1 is 1.23 bits per heavy atom. The molecule has 3 aromatic rings. The number of aromatic nitrogens is 2. The minimum Gasteiger partial charge on any atom is -0.481 e. The summed E-state index contributed by atoms with van der Waals surface area (Å²) >= 11 is 0. The van der Waals surface area contributed by atoms with Crippen molar-refractivity contribution < 1.29 is 9.90 Å².